The van der Waals surface area contributed by atoms with Gasteiger partial charge in [-0.15, -0.1) is 0 Å². The number of hydrogen-bond donors (Lipinski definition) is 2. The van der Waals surface area contributed by atoms with Crippen LogP contribution >= 0.6 is 0 Å². The molecule has 0 fully saturated rings. The summed E-state index contributed by atoms with van der Waals surface area (Å²) in [5.74, 6) is 0. The minimum absolute atomic E-state index is 0. The second-order valence-electron chi connectivity index (χ2n) is 0.329. The fourth-order valence-electron chi connectivity index (χ4n) is 0. The van der Waals surface area contributed by atoms with E-state index in [9.17, 15) is 0 Å². The van der Waals surface area contributed by atoms with Crippen LogP contribution in [-0.4, -0.2) is 29.3 Å². The lowest BCUT2D eigenvalue weighted by atomic mass is 11.0. The topological polar surface area (TPSA) is 113 Å². The first kappa shape index (κ1) is 24.8. The fourth-order valence-corrected chi connectivity index (χ4v) is 0. The normalized spacial score (nSPS) is 2.89. The lowest BCUT2D eigenvalue weighted by Gasteiger charge is -1.34. The molecule has 0 saturated carbocycles. The van der Waals surface area contributed by atoms with Crippen LogP contribution in [0, 0.1) is 11.3 Å². The number of hydrogen-bond acceptors (Lipinski definition) is 3. The summed E-state index contributed by atoms with van der Waals surface area (Å²) in [7, 11) is 1.00. The van der Waals surface area contributed by atoms with Gasteiger partial charge in [0.2, 0.25) is 0 Å². The Kier molecular flexibility index (Phi) is 846. The molecule has 0 aromatic carbocycles. The molecule has 5 nitrogen and oxygen atoms in total. The Labute approximate surface area is 53.5 Å². The molecule has 0 spiro atoms. The molecule has 0 amide bonds. The predicted octanol–water partition coefficient (Wildman–Crippen LogP) is -0.986. The highest BCUT2D eigenvalue weighted by Crippen LogP contribution is 1.21. The molecule has 0 radical (unpaired) electrons. The van der Waals surface area contributed by atoms with E-state index in [1.165, 1.54) is 6.92 Å². The Bertz CT molecular complexity index is 58.1. The average molecular weight is 137 g/mol. The molecule has 0 aromatic rings. The first-order valence-electron chi connectivity index (χ1n) is 1.66. The van der Waals surface area contributed by atoms with Gasteiger partial charge >= 0.3 is 0 Å². The molecule has 56 valence electrons. The lowest BCUT2D eigenvalue weighted by molar-refractivity contribution is -0.122. The summed E-state index contributed by atoms with van der Waals surface area (Å²) < 4.78 is 0. The van der Waals surface area contributed by atoms with E-state index in [4.69, 9.17) is 20.3 Å². The van der Waals surface area contributed by atoms with E-state index in [0.29, 0.717) is 0 Å². The molecule has 0 aliphatic carbocycles. The molecule has 0 rings (SSSR count). The van der Waals surface area contributed by atoms with Gasteiger partial charge in [-0.2, -0.15) is 5.26 Å². The van der Waals surface area contributed by atoms with Crippen LogP contribution in [0.2, 0.25) is 0 Å². The largest absolute Gasteiger partial charge is 0.483 e. The highest BCUT2D eigenvalue weighted by atomic mass is 16.3. The van der Waals surface area contributed by atoms with E-state index >= 15 is 0 Å². The summed E-state index contributed by atoms with van der Waals surface area (Å²) in [6.45, 7) is 1.18. The minimum Gasteiger partial charge on any atom is -0.483 e. The summed E-state index contributed by atoms with van der Waals surface area (Å²) in [5, 5.41) is 21.2. The molecule has 9 heavy (non-hydrogen) atoms. The van der Waals surface area contributed by atoms with Gasteiger partial charge < -0.3 is 15.7 Å². The van der Waals surface area contributed by atoms with Crippen LogP contribution in [0.15, 0.2) is 0 Å². The van der Waals surface area contributed by atoms with E-state index in [1.54, 1.807) is 6.07 Å². The third-order valence-electron chi connectivity index (χ3n) is 0. The van der Waals surface area contributed by atoms with Gasteiger partial charge in [0, 0.05) is 14.0 Å². The van der Waals surface area contributed by atoms with Gasteiger partial charge in [0.15, 0.2) is 0 Å². The summed E-state index contributed by atoms with van der Waals surface area (Å²) in [6, 6.07) is 1.75. The van der Waals surface area contributed by atoms with Gasteiger partial charge in [-0.3, -0.25) is 4.79 Å². The number of aliphatic hydroxyl groups is 1. The van der Waals surface area contributed by atoms with Crippen molar-refractivity contribution in [1.29, 1.82) is 5.26 Å². The monoisotopic (exact) mass is 137 g/mol. The van der Waals surface area contributed by atoms with Crippen molar-refractivity contribution in [2.75, 3.05) is 7.11 Å². The summed E-state index contributed by atoms with van der Waals surface area (Å²) in [5.41, 5.74) is 0. The van der Waals surface area contributed by atoms with Crippen molar-refractivity contribution in [2.45, 2.75) is 6.92 Å². The van der Waals surface area contributed by atoms with Crippen LogP contribution in [0.25, 0.3) is 0 Å². The Hall–Kier alpha value is -1.12. The standard InChI is InChI=1S/C2H3N.CH2O2.CH4O.H2O/c1-2-3;2-1-3;1-2;/h1H3;1H,(H,2,3);2H,1H3;1H2. The van der Waals surface area contributed by atoms with Gasteiger partial charge in [-0.1, -0.05) is 0 Å². The molecular formula is C4H11NO4. The van der Waals surface area contributed by atoms with Crippen molar-refractivity contribution in [1.82, 2.24) is 0 Å². The Morgan fingerprint density at radius 1 is 1.56 bits per heavy atom. The van der Waals surface area contributed by atoms with Crippen molar-refractivity contribution in [2.24, 2.45) is 0 Å². The van der Waals surface area contributed by atoms with Gasteiger partial charge in [-0.05, 0) is 0 Å². The van der Waals surface area contributed by atoms with Crippen molar-refractivity contribution >= 4 is 6.47 Å². The molecule has 0 saturated heterocycles. The van der Waals surface area contributed by atoms with Crippen molar-refractivity contribution < 1.29 is 20.5 Å². The van der Waals surface area contributed by atoms with Gasteiger partial charge in [0.25, 0.3) is 6.47 Å². The maximum absolute atomic E-state index is 8.36. The van der Waals surface area contributed by atoms with Gasteiger partial charge in [0.1, 0.15) is 0 Å². The SMILES string of the molecule is CC#N.CO.O.O=CO. The molecule has 0 aliphatic rings. The first-order valence-corrected chi connectivity index (χ1v) is 1.66. The van der Waals surface area contributed by atoms with Crippen molar-refractivity contribution in [3.63, 3.8) is 0 Å². The second-order valence-corrected chi connectivity index (χ2v) is 0.329. The van der Waals surface area contributed by atoms with E-state index in [2.05, 4.69) is 0 Å². The number of nitriles is 1. The second kappa shape index (κ2) is 307. The summed E-state index contributed by atoms with van der Waals surface area (Å²) in [4.78, 5) is 8.36. The number of aliphatic hydroxyl groups excluding tert-OH is 1. The van der Waals surface area contributed by atoms with E-state index in [-0.39, 0.29) is 11.9 Å². The predicted molar refractivity (Wildman–Crippen MR) is 31.7 cm³/mol. The highest BCUT2D eigenvalue weighted by molar-refractivity contribution is 5.32. The summed E-state index contributed by atoms with van der Waals surface area (Å²) >= 11 is 0. The number of rotatable bonds is 0. The molecule has 5 heteroatoms. The highest BCUT2D eigenvalue weighted by Gasteiger charge is 1.22. The number of nitrogens with zero attached hydrogens (tertiary/aromatic N) is 1. The molecule has 4 N–H and O–H groups in total. The quantitative estimate of drug-likeness (QED) is 0.417. The van der Waals surface area contributed by atoms with Crippen molar-refractivity contribution in [3.8, 4) is 6.07 Å². The fraction of sp³-hybridized carbons (Fsp3) is 0.500. The molecule has 0 unspecified atom stereocenters. The molecule has 0 atom stereocenters. The number of carbonyl (C=O) groups is 1. The van der Waals surface area contributed by atoms with Crippen molar-refractivity contribution in [3.05, 3.63) is 0 Å². The molecule has 0 bridgehead atoms. The molecule has 0 heterocycles. The van der Waals surface area contributed by atoms with Crippen LogP contribution in [0.3, 0.4) is 0 Å². The van der Waals surface area contributed by atoms with Crippen LogP contribution in [0.1, 0.15) is 6.92 Å². The molecule has 0 aromatic heterocycles. The van der Waals surface area contributed by atoms with Crippen LogP contribution in [-0.2, 0) is 4.79 Å². The van der Waals surface area contributed by atoms with Gasteiger partial charge in [0.05, 0.1) is 6.07 Å². The van der Waals surface area contributed by atoms with Crippen LogP contribution < -0.4 is 0 Å². The molecular weight excluding hydrogens is 126 g/mol. The lowest BCUT2D eigenvalue weighted by Crippen LogP contribution is -1.49. The average Bonchev–Trinajstić information content (AvgIpc) is 1.75. The van der Waals surface area contributed by atoms with E-state index in [1.807, 2.05) is 0 Å². The summed E-state index contributed by atoms with van der Waals surface area (Å²) in [6.07, 6.45) is 0. The van der Waals surface area contributed by atoms with E-state index < -0.39 is 0 Å². The Morgan fingerprint density at radius 3 is 1.56 bits per heavy atom. The third kappa shape index (κ3) is 131. The zero-order valence-electron chi connectivity index (χ0n) is 5.33. The van der Waals surface area contributed by atoms with Crippen LogP contribution in [0.5, 0.6) is 0 Å². The molecule has 0 aliphatic heterocycles. The van der Waals surface area contributed by atoms with Crippen LogP contribution in [0.4, 0.5) is 0 Å². The zero-order chi connectivity index (χ0) is 7.41. The Balaban J connectivity index is -0.0000000202. The maximum atomic E-state index is 8.36. The third-order valence-corrected chi connectivity index (χ3v) is 0. The zero-order valence-corrected chi connectivity index (χ0v) is 5.33. The first-order chi connectivity index (χ1) is 3.83. The van der Waals surface area contributed by atoms with Gasteiger partial charge in [-0.25, -0.2) is 0 Å². The maximum Gasteiger partial charge on any atom is 0.290 e. The van der Waals surface area contributed by atoms with E-state index in [0.717, 1.165) is 7.11 Å². The number of carboxylic acid groups (broad SMARTS) is 1. The Morgan fingerprint density at radius 2 is 1.56 bits per heavy atom. The smallest absolute Gasteiger partial charge is 0.290 e. The minimum atomic E-state index is -0.250.